The van der Waals surface area contributed by atoms with Gasteiger partial charge < -0.3 is 15.1 Å². The predicted molar refractivity (Wildman–Crippen MR) is 101 cm³/mol. The van der Waals surface area contributed by atoms with E-state index in [2.05, 4.69) is 15.3 Å². The summed E-state index contributed by atoms with van der Waals surface area (Å²) in [5, 5.41) is 3.39. The number of piperazine rings is 1. The minimum absolute atomic E-state index is 0.0654. The van der Waals surface area contributed by atoms with E-state index >= 15 is 0 Å². The van der Waals surface area contributed by atoms with Gasteiger partial charge in [-0.3, -0.25) is 9.59 Å². The van der Waals surface area contributed by atoms with E-state index in [9.17, 15) is 9.59 Å². The molecule has 1 saturated heterocycles. The van der Waals surface area contributed by atoms with Crippen LogP contribution in [0.3, 0.4) is 0 Å². The van der Waals surface area contributed by atoms with Crippen LogP contribution in [0.2, 0.25) is 5.02 Å². The zero-order valence-corrected chi connectivity index (χ0v) is 15.5. The van der Waals surface area contributed by atoms with Crippen molar-refractivity contribution in [1.82, 2.24) is 14.9 Å². The number of carbonyl (C=O) groups is 2. The molecule has 0 spiro atoms. The molecule has 136 valence electrons. The third-order valence-electron chi connectivity index (χ3n) is 4.33. The number of benzene rings is 1. The maximum absolute atomic E-state index is 12.5. The van der Waals surface area contributed by atoms with Crippen LogP contribution in [0.5, 0.6) is 0 Å². The van der Waals surface area contributed by atoms with E-state index in [1.165, 1.54) is 0 Å². The summed E-state index contributed by atoms with van der Waals surface area (Å²) < 4.78 is 0. The SMILES string of the molecule is CC(=O)N1CCN(c2nccc(C(=O)Nc3cc(Cl)ccc3C)n2)CC1. The van der Waals surface area contributed by atoms with Gasteiger partial charge in [-0.15, -0.1) is 0 Å². The summed E-state index contributed by atoms with van der Waals surface area (Å²) in [6.45, 7) is 5.98. The van der Waals surface area contributed by atoms with Crippen molar-refractivity contribution in [2.45, 2.75) is 13.8 Å². The predicted octanol–water partition coefficient (Wildman–Crippen LogP) is 2.36. The minimum Gasteiger partial charge on any atom is -0.339 e. The fourth-order valence-corrected chi connectivity index (χ4v) is 2.94. The summed E-state index contributed by atoms with van der Waals surface area (Å²) in [5.41, 5.74) is 1.85. The van der Waals surface area contributed by atoms with Gasteiger partial charge in [0.2, 0.25) is 11.9 Å². The molecule has 1 aromatic heterocycles. The van der Waals surface area contributed by atoms with E-state index in [4.69, 9.17) is 11.6 Å². The third-order valence-corrected chi connectivity index (χ3v) is 4.57. The molecule has 0 unspecified atom stereocenters. The Morgan fingerprint density at radius 2 is 1.88 bits per heavy atom. The second kappa shape index (κ2) is 7.70. The average Bonchev–Trinajstić information content (AvgIpc) is 2.65. The Balaban J connectivity index is 1.72. The lowest BCUT2D eigenvalue weighted by Crippen LogP contribution is -2.48. The Labute approximate surface area is 157 Å². The van der Waals surface area contributed by atoms with E-state index in [0.29, 0.717) is 42.8 Å². The highest BCUT2D eigenvalue weighted by Gasteiger charge is 2.21. The van der Waals surface area contributed by atoms with Crippen LogP contribution in [0.25, 0.3) is 0 Å². The Morgan fingerprint density at radius 3 is 2.58 bits per heavy atom. The van der Waals surface area contributed by atoms with Crippen LogP contribution in [-0.4, -0.2) is 52.9 Å². The monoisotopic (exact) mass is 373 g/mol. The average molecular weight is 374 g/mol. The summed E-state index contributed by atoms with van der Waals surface area (Å²) in [4.78, 5) is 36.4. The highest BCUT2D eigenvalue weighted by Crippen LogP contribution is 2.21. The van der Waals surface area contributed by atoms with Crippen molar-refractivity contribution in [2.24, 2.45) is 0 Å². The number of amides is 2. The number of halogens is 1. The molecule has 2 heterocycles. The molecule has 8 heteroatoms. The second-order valence-corrected chi connectivity index (χ2v) is 6.58. The van der Waals surface area contributed by atoms with Crippen LogP contribution in [0.4, 0.5) is 11.6 Å². The molecule has 1 aliphatic rings. The number of aryl methyl sites for hydroxylation is 1. The van der Waals surface area contributed by atoms with Gasteiger partial charge in [0.25, 0.3) is 5.91 Å². The maximum Gasteiger partial charge on any atom is 0.274 e. The van der Waals surface area contributed by atoms with Crippen molar-refractivity contribution in [3.63, 3.8) is 0 Å². The van der Waals surface area contributed by atoms with Crippen LogP contribution in [0.15, 0.2) is 30.5 Å². The molecule has 1 aliphatic heterocycles. The van der Waals surface area contributed by atoms with Crippen molar-refractivity contribution in [3.05, 3.63) is 46.7 Å². The lowest BCUT2D eigenvalue weighted by Gasteiger charge is -2.34. The van der Waals surface area contributed by atoms with E-state index in [-0.39, 0.29) is 17.5 Å². The lowest BCUT2D eigenvalue weighted by atomic mass is 10.2. The topological polar surface area (TPSA) is 78.4 Å². The molecule has 0 bridgehead atoms. The highest BCUT2D eigenvalue weighted by atomic mass is 35.5. The first-order valence-electron chi connectivity index (χ1n) is 8.35. The number of rotatable bonds is 3. The molecule has 26 heavy (non-hydrogen) atoms. The minimum atomic E-state index is -0.318. The quantitative estimate of drug-likeness (QED) is 0.893. The normalized spacial score (nSPS) is 14.3. The molecule has 1 fully saturated rings. The molecular weight excluding hydrogens is 354 g/mol. The van der Waals surface area contributed by atoms with Gasteiger partial charge in [0.15, 0.2) is 0 Å². The molecular formula is C18H20ClN5O2. The van der Waals surface area contributed by atoms with Crippen molar-refractivity contribution < 1.29 is 9.59 Å². The first-order chi connectivity index (χ1) is 12.4. The fourth-order valence-electron chi connectivity index (χ4n) is 2.76. The molecule has 0 radical (unpaired) electrons. The van der Waals surface area contributed by atoms with E-state index in [1.54, 1.807) is 36.2 Å². The van der Waals surface area contributed by atoms with Gasteiger partial charge in [0, 0.05) is 50.0 Å². The van der Waals surface area contributed by atoms with Crippen LogP contribution in [0, 0.1) is 6.92 Å². The van der Waals surface area contributed by atoms with Gasteiger partial charge in [0.1, 0.15) is 5.69 Å². The number of hydrogen-bond donors (Lipinski definition) is 1. The Bertz CT molecular complexity index is 834. The standard InChI is InChI=1S/C18H20ClN5O2/c1-12-3-4-14(19)11-16(12)21-17(26)15-5-6-20-18(22-15)24-9-7-23(8-10-24)13(2)25/h3-6,11H,7-10H2,1-2H3,(H,21,26). The lowest BCUT2D eigenvalue weighted by molar-refractivity contribution is -0.129. The Kier molecular flexibility index (Phi) is 5.37. The number of nitrogens with one attached hydrogen (secondary N) is 1. The van der Waals surface area contributed by atoms with Gasteiger partial charge in [-0.1, -0.05) is 17.7 Å². The molecule has 0 aliphatic carbocycles. The second-order valence-electron chi connectivity index (χ2n) is 6.15. The zero-order chi connectivity index (χ0) is 18.7. The van der Waals surface area contributed by atoms with Crippen LogP contribution in [0.1, 0.15) is 23.0 Å². The molecule has 2 aromatic rings. The van der Waals surface area contributed by atoms with Crippen molar-refractivity contribution >= 4 is 35.1 Å². The largest absolute Gasteiger partial charge is 0.339 e. The van der Waals surface area contributed by atoms with E-state index in [0.717, 1.165) is 5.56 Å². The zero-order valence-electron chi connectivity index (χ0n) is 14.7. The van der Waals surface area contributed by atoms with Gasteiger partial charge in [-0.25, -0.2) is 9.97 Å². The Morgan fingerprint density at radius 1 is 1.15 bits per heavy atom. The van der Waals surface area contributed by atoms with Gasteiger partial charge in [-0.2, -0.15) is 0 Å². The smallest absolute Gasteiger partial charge is 0.274 e. The van der Waals surface area contributed by atoms with Crippen LogP contribution >= 0.6 is 11.6 Å². The van der Waals surface area contributed by atoms with E-state index < -0.39 is 0 Å². The molecule has 0 atom stereocenters. The maximum atomic E-state index is 12.5. The first kappa shape index (κ1) is 18.1. The van der Waals surface area contributed by atoms with Gasteiger partial charge in [0.05, 0.1) is 0 Å². The summed E-state index contributed by atoms with van der Waals surface area (Å²) in [5.74, 6) is 0.237. The number of carbonyl (C=O) groups excluding carboxylic acids is 2. The summed E-state index contributed by atoms with van der Waals surface area (Å²) in [6.07, 6.45) is 1.57. The fraction of sp³-hybridized carbons (Fsp3) is 0.333. The summed E-state index contributed by atoms with van der Waals surface area (Å²) in [6, 6.07) is 6.90. The van der Waals surface area contributed by atoms with E-state index in [1.807, 2.05) is 17.9 Å². The van der Waals surface area contributed by atoms with Crippen molar-refractivity contribution in [2.75, 3.05) is 36.4 Å². The summed E-state index contributed by atoms with van der Waals surface area (Å²) >= 11 is 6.00. The molecule has 2 amide bonds. The first-order valence-corrected chi connectivity index (χ1v) is 8.73. The van der Waals surface area contributed by atoms with Crippen molar-refractivity contribution in [3.8, 4) is 0 Å². The number of aromatic nitrogens is 2. The Hall–Kier alpha value is -2.67. The summed E-state index contributed by atoms with van der Waals surface area (Å²) in [7, 11) is 0. The van der Waals surface area contributed by atoms with Crippen molar-refractivity contribution in [1.29, 1.82) is 0 Å². The number of hydrogen-bond acceptors (Lipinski definition) is 5. The van der Waals surface area contributed by atoms with Gasteiger partial charge >= 0.3 is 0 Å². The number of nitrogens with zero attached hydrogens (tertiary/aromatic N) is 4. The number of anilines is 2. The molecule has 3 rings (SSSR count). The highest BCUT2D eigenvalue weighted by molar-refractivity contribution is 6.31. The van der Waals surface area contributed by atoms with Crippen LogP contribution in [-0.2, 0) is 4.79 Å². The van der Waals surface area contributed by atoms with Crippen LogP contribution < -0.4 is 10.2 Å². The van der Waals surface area contributed by atoms with Gasteiger partial charge in [-0.05, 0) is 30.7 Å². The third kappa shape index (κ3) is 4.11. The molecule has 0 saturated carbocycles. The molecule has 1 aromatic carbocycles. The molecule has 7 nitrogen and oxygen atoms in total. The molecule has 1 N–H and O–H groups in total.